The zero-order valence-corrected chi connectivity index (χ0v) is 27.4. The second-order valence-electron chi connectivity index (χ2n) is 12.4. The third-order valence-corrected chi connectivity index (χ3v) is 7.50. The molecule has 0 saturated carbocycles. The van der Waals surface area contributed by atoms with Gasteiger partial charge in [-0.2, -0.15) is 5.10 Å². The first-order chi connectivity index (χ1) is 23.0. The largest absolute Gasteiger partial charge is 0.508 e. The molecule has 0 saturated heterocycles. The molecule has 0 spiro atoms. The molecule has 6 aromatic rings. The van der Waals surface area contributed by atoms with Crippen molar-refractivity contribution in [2.24, 2.45) is 0 Å². The number of aromatic hydroxyl groups is 1. The average molecular weight is 644 g/mol. The highest BCUT2D eigenvalue weighted by Crippen LogP contribution is 2.33. The van der Waals surface area contributed by atoms with Crippen molar-refractivity contribution >= 4 is 45.8 Å². The average Bonchev–Trinajstić information content (AvgIpc) is 3.49. The molecule has 244 valence electrons. The van der Waals surface area contributed by atoms with Gasteiger partial charge >= 0.3 is 6.03 Å². The number of nitrogens with zero attached hydrogens (tertiary/aromatic N) is 6. The minimum Gasteiger partial charge on any atom is -0.508 e. The lowest BCUT2D eigenvalue weighted by Crippen LogP contribution is -2.21. The van der Waals surface area contributed by atoms with E-state index in [2.05, 4.69) is 51.7 Å². The Morgan fingerprint density at radius 3 is 2.44 bits per heavy atom. The van der Waals surface area contributed by atoms with Crippen LogP contribution in [0.15, 0.2) is 97.5 Å². The second kappa shape index (κ2) is 13.3. The fourth-order valence-electron chi connectivity index (χ4n) is 4.96. The highest BCUT2D eigenvalue weighted by molar-refractivity contribution is 6.07. The van der Waals surface area contributed by atoms with E-state index >= 15 is 0 Å². The van der Waals surface area contributed by atoms with Gasteiger partial charge in [0.25, 0.3) is 0 Å². The monoisotopic (exact) mass is 643 g/mol. The molecule has 0 aliphatic rings. The number of ether oxygens (including phenoxy) is 1. The number of carbonyl (C=O) groups excluding carboxylic acids is 1. The Morgan fingerprint density at radius 2 is 1.69 bits per heavy atom. The van der Waals surface area contributed by atoms with Crippen molar-refractivity contribution in [2.45, 2.75) is 32.8 Å². The Bertz CT molecular complexity index is 2070. The van der Waals surface area contributed by atoms with E-state index in [9.17, 15) is 9.90 Å². The fourth-order valence-corrected chi connectivity index (χ4v) is 4.96. The zero-order chi connectivity index (χ0) is 33.8. The van der Waals surface area contributed by atoms with Gasteiger partial charge in [-0.05, 0) is 54.1 Å². The molecule has 0 aliphatic heterocycles. The molecule has 3 aromatic carbocycles. The number of fused-ring (bicyclic) bond motifs is 1. The number of carbonyl (C=O) groups is 1. The summed E-state index contributed by atoms with van der Waals surface area (Å²) in [5.41, 5.74) is 2.80. The number of phenolic OH excluding ortho intramolecular Hbond substituents is 1. The minimum atomic E-state index is -0.424. The van der Waals surface area contributed by atoms with Gasteiger partial charge in [0, 0.05) is 42.5 Å². The van der Waals surface area contributed by atoms with Gasteiger partial charge in [0.15, 0.2) is 5.82 Å². The van der Waals surface area contributed by atoms with Gasteiger partial charge in [-0.3, -0.25) is 10.3 Å². The molecule has 48 heavy (non-hydrogen) atoms. The molecule has 2 amide bonds. The highest BCUT2D eigenvalue weighted by atomic mass is 16.5. The third kappa shape index (κ3) is 7.28. The van der Waals surface area contributed by atoms with Gasteiger partial charge in [-0.15, -0.1) is 0 Å². The predicted octanol–water partition coefficient (Wildman–Crippen LogP) is 7.25. The lowest BCUT2D eigenvalue weighted by Gasteiger charge is -2.15. The summed E-state index contributed by atoms with van der Waals surface area (Å²) in [6.45, 7) is 6.47. The third-order valence-electron chi connectivity index (χ3n) is 7.50. The summed E-state index contributed by atoms with van der Waals surface area (Å²) >= 11 is 0. The number of anilines is 5. The van der Waals surface area contributed by atoms with Crippen LogP contribution in [0, 0.1) is 0 Å². The summed E-state index contributed by atoms with van der Waals surface area (Å²) in [5, 5.41) is 25.3. The van der Waals surface area contributed by atoms with Crippen LogP contribution in [0.3, 0.4) is 0 Å². The first-order valence-corrected chi connectivity index (χ1v) is 15.4. The summed E-state index contributed by atoms with van der Waals surface area (Å²) in [7, 11) is 3.81. The van der Waals surface area contributed by atoms with Crippen LogP contribution < -0.4 is 25.6 Å². The van der Waals surface area contributed by atoms with Crippen LogP contribution in [-0.4, -0.2) is 50.0 Å². The van der Waals surface area contributed by atoms with Crippen molar-refractivity contribution in [3.8, 4) is 17.2 Å². The molecular weight excluding hydrogens is 606 g/mol. The van der Waals surface area contributed by atoms with Crippen LogP contribution in [0.2, 0.25) is 0 Å². The Labute approximate surface area is 278 Å². The van der Waals surface area contributed by atoms with Crippen LogP contribution in [0.4, 0.5) is 33.8 Å². The minimum absolute atomic E-state index is 0.147. The molecule has 0 fully saturated rings. The van der Waals surface area contributed by atoms with E-state index in [1.54, 1.807) is 47.5 Å². The molecule has 0 unspecified atom stereocenters. The number of aromatic nitrogens is 5. The van der Waals surface area contributed by atoms with Crippen molar-refractivity contribution in [3.05, 3.63) is 109 Å². The number of amides is 2. The molecule has 3 heterocycles. The summed E-state index contributed by atoms with van der Waals surface area (Å²) in [6.07, 6.45) is 5.05. The van der Waals surface area contributed by atoms with Gasteiger partial charge < -0.3 is 25.4 Å². The highest BCUT2D eigenvalue weighted by Gasteiger charge is 2.22. The topological polar surface area (TPSA) is 142 Å². The second-order valence-corrected chi connectivity index (χ2v) is 12.4. The number of phenols is 1. The molecular formula is C36H37N9O3. The van der Waals surface area contributed by atoms with Crippen molar-refractivity contribution in [1.29, 1.82) is 0 Å². The van der Waals surface area contributed by atoms with Crippen LogP contribution in [-0.2, 0) is 12.0 Å². The number of urea groups is 1. The molecule has 0 aliphatic carbocycles. The Balaban J connectivity index is 1.18. The lowest BCUT2D eigenvalue weighted by molar-refractivity contribution is 0.262. The van der Waals surface area contributed by atoms with E-state index in [0.717, 1.165) is 27.8 Å². The number of hydrogen-bond acceptors (Lipinski definition) is 9. The molecule has 3 aromatic heterocycles. The van der Waals surface area contributed by atoms with Crippen LogP contribution in [0.5, 0.6) is 11.5 Å². The van der Waals surface area contributed by atoms with E-state index in [0.29, 0.717) is 41.2 Å². The van der Waals surface area contributed by atoms with Crippen molar-refractivity contribution in [1.82, 2.24) is 24.7 Å². The molecule has 12 heteroatoms. The number of rotatable bonds is 9. The Kier molecular flexibility index (Phi) is 8.80. The quantitative estimate of drug-likeness (QED) is 0.128. The van der Waals surface area contributed by atoms with Crippen molar-refractivity contribution < 1.29 is 14.6 Å². The van der Waals surface area contributed by atoms with Gasteiger partial charge in [0.05, 0.1) is 29.5 Å². The lowest BCUT2D eigenvalue weighted by atomic mass is 9.92. The molecule has 4 N–H and O–H groups in total. The van der Waals surface area contributed by atoms with Gasteiger partial charge in [-0.1, -0.05) is 45.0 Å². The maximum atomic E-state index is 13.4. The first-order valence-electron chi connectivity index (χ1n) is 15.4. The number of benzene rings is 3. The SMILES string of the molecule is CN(C)c1cncc(Nc2cc(COc3ccc(NC(=O)Nc4cc(C(C)(C)C)nn4-c4ccc(O)cc4)c4ccccc34)ccn2)n1. The van der Waals surface area contributed by atoms with Crippen LogP contribution >= 0.6 is 0 Å². The van der Waals surface area contributed by atoms with E-state index in [-0.39, 0.29) is 11.2 Å². The zero-order valence-electron chi connectivity index (χ0n) is 27.4. The molecule has 0 atom stereocenters. The summed E-state index contributed by atoms with van der Waals surface area (Å²) in [4.78, 5) is 28.5. The maximum Gasteiger partial charge on any atom is 0.324 e. The van der Waals surface area contributed by atoms with E-state index in [1.807, 2.05) is 73.6 Å². The smallest absolute Gasteiger partial charge is 0.324 e. The molecule has 6 rings (SSSR count). The van der Waals surface area contributed by atoms with Crippen molar-refractivity contribution in [2.75, 3.05) is 34.9 Å². The summed E-state index contributed by atoms with van der Waals surface area (Å²) in [6, 6.07) is 23.3. The summed E-state index contributed by atoms with van der Waals surface area (Å²) < 4.78 is 7.93. The predicted molar refractivity (Wildman–Crippen MR) is 189 cm³/mol. The van der Waals surface area contributed by atoms with Gasteiger partial charge in [0.2, 0.25) is 0 Å². The van der Waals surface area contributed by atoms with Gasteiger partial charge in [0.1, 0.15) is 35.6 Å². The summed E-state index contributed by atoms with van der Waals surface area (Å²) in [5.74, 6) is 3.26. The normalized spacial score (nSPS) is 11.3. The molecule has 12 nitrogen and oxygen atoms in total. The number of pyridine rings is 1. The van der Waals surface area contributed by atoms with Crippen LogP contribution in [0.25, 0.3) is 16.5 Å². The van der Waals surface area contributed by atoms with Gasteiger partial charge in [-0.25, -0.2) is 19.4 Å². The number of nitrogens with one attached hydrogen (secondary N) is 3. The fraction of sp³-hybridized carbons (Fsp3) is 0.194. The maximum absolute atomic E-state index is 13.4. The van der Waals surface area contributed by atoms with E-state index < -0.39 is 6.03 Å². The number of hydrogen-bond donors (Lipinski definition) is 4. The molecule has 0 bridgehead atoms. The van der Waals surface area contributed by atoms with Crippen molar-refractivity contribution in [3.63, 3.8) is 0 Å². The Hall–Kier alpha value is -6.17. The first kappa shape index (κ1) is 31.8. The van der Waals surface area contributed by atoms with E-state index in [1.165, 1.54) is 0 Å². The van der Waals surface area contributed by atoms with Crippen LogP contribution in [0.1, 0.15) is 32.0 Å². The standard InChI is InChI=1S/C36H37N9O3/c1-36(2,3)30-19-33(45(43-30)24-10-12-25(46)13-11-24)42-35(47)39-28-14-15-29(27-9-7-6-8-26(27)28)48-22-23-16-17-38-31(18-23)40-32-20-37-21-34(41-32)44(4)5/h6-21,46H,22H2,1-5H3,(H,38,40,41)(H2,39,42,47). The van der Waals surface area contributed by atoms with E-state index in [4.69, 9.17) is 9.84 Å². The Morgan fingerprint density at radius 1 is 0.917 bits per heavy atom. The molecule has 0 radical (unpaired) electrons.